The Balaban J connectivity index is 1.39. The van der Waals surface area contributed by atoms with Gasteiger partial charge in [0.15, 0.2) is 5.82 Å². The molecule has 1 aliphatic heterocycles. The van der Waals surface area contributed by atoms with Crippen LogP contribution in [0.3, 0.4) is 0 Å². The van der Waals surface area contributed by atoms with Gasteiger partial charge in [-0.2, -0.15) is 0 Å². The SMILES string of the molecule is Fc1ccc(OC2CCN(c3nc(-c4ccncc4)nc4ccccc34)CC2)cc1. The Bertz CT molecular complexity index is 1140. The second-order valence-electron chi connectivity index (χ2n) is 7.38. The van der Waals surface area contributed by atoms with E-state index < -0.39 is 0 Å². The van der Waals surface area contributed by atoms with Crippen molar-refractivity contribution in [2.75, 3.05) is 18.0 Å². The first kappa shape index (κ1) is 18.5. The third kappa shape index (κ3) is 3.81. The Labute approximate surface area is 174 Å². The molecule has 0 unspecified atom stereocenters. The van der Waals surface area contributed by atoms with Crippen LogP contribution in [0.25, 0.3) is 22.3 Å². The van der Waals surface area contributed by atoms with Crippen LogP contribution in [-0.2, 0) is 0 Å². The molecule has 5 nitrogen and oxygen atoms in total. The predicted molar refractivity (Wildman–Crippen MR) is 115 cm³/mol. The third-order valence-electron chi connectivity index (χ3n) is 5.38. The molecule has 6 heteroatoms. The lowest BCUT2D eigenvalue weighted by atomic mass is 10.1. The van der Waals surface area contributed by atoms with Crippen molar-refractivity contribution < 1.29 is 9.13 Å². The molecule has 0 aliphatic carbocycles. The van der Waals surface area contributed by atoms with Crippen LogP contribution >= 0.6 is 0 Å². The van der Waals surface area contributed by atoms with Gasteiger partial charge in [0.05, 0.1) is 5.52 Å². The van der Waals surface area contributed by atoms with Crippen LogP contribution < -0.4 is 9.64 Å². The van der Waals surface area contributed by atoms with Gasteiger partial charge in [0, 0.05) is 49.3 Å². The number of aromatic nitrogens is 3. The maximum absolute atomic E-state index is 13.1. The molecule has 1 fully saturated rings. The Morgan fingerprint density at radius 3 is 2.37 bits per heavy atom. The van der Waals surface area contributed by atoms with E-state index in [4.69, 9.17) is 14.7 Å². The highest BCUT2D eigenvalue weighted by atomic mass is 19.1. The number of hydrogen-bond donors (Lipinski definition) is 0. The molecule has 1 aliphatic rings. The number of halogens is 1. The molecule has 2 aromatic carbocycles. The Morgan fingerprint density at radius 1 is 0.867 bits per heavy atom. The van der Waals surface area contributed by atoms with Gasteiger partial charge in [0.1, 0.15) is 23.5 Å². The van der Waals surface area contributed by atoms with Crippen LogP contribution in [0.4, 0.5) is 10.2 Å². The fraction of sp³-hybridized carbons (Fsp3) is 0.208. The number of nitrogens with zero attached hydrogens (tertiary/aromatic N) is 4. The van der Waals surface area contributed by atoms with Crippen molar-refractivity contribution in [1.82, 2.24) is 15.0 Å². The van der Waals surface area contributed by atoms with Crippen LogP contribution in [0.2, 0.25) is 0 Å². The van der Waals surface area contributed by atoms with Crippen molar-refractivity contribution >= 4 is 16.7 Å². The number of rotatable bonds is 4. The monoisotopic (exact) mass is 400 g/mol. The van der Waals surface area contributed by atoms with E-state index in [2.05, 4.69) is 16.0 Å². The summed E-state index contributed by atoms with van der Waals surface area (Å²) in [6, 6.07) is 18.2. The maximum Gasteiger partial charge on any atom is 0.162 e. The van der Waals surface area contributed by atoms with Crippen LogP contribution in [0.5, 0.6) is 5.75 Å². The average Bonchev–Trinajstić information content (AvgIpc) is 2.81. The van der Waals surface area contributed by atoms with Crippen molar-refractivity contribution in [3.8, 4) is 17.1 Å². The minimum atomic E-state index is -0.252. The van der Waals surface area contributed by atoms with Crippen molar-refractivity contribution in [3.63, 3.8) is 0 Å². The molecule has 5 rings (SSSR count). The molecule has 0 spiro atoms. The zero-order valence-corrected chi connectivity index (χ0v) is 16.4. The van der Waals surface area contributed by atoms with Crippen molar-refractivity contribution in [1.29, 1.82) is 0 Å². The summed E-state index contributed by atoms with van der Waals surface area (Å²) < 4.78 is 19.2. The number of piperidine rings is 1. The Hall–Kier alpha value is -3.54. The molecule has 3 heterocycles. The number of benzene rings is 2. The minimum Gasteiger partial charge on any atom is -0.490 e. The third-order valence-corrected chi connectivity index (χ3v) is 5.38. The molecular formula is C24H21FN4O. The zero-order valence-electron chi connectivity index (χ0n) is 16.4. The van der Waals surface area contributed by atoms with Gasteiger partial charge in [-0.25, -0.2) is 14.4 Å². The molecule has 1 saturated heterocycles. The molecule has 30 heavy (non-hydrogen) atoms. The van der Waals surface area contributed by atoms with Gasteiger partial charge in [-0.15, -0.1) is 0 Å². The lowest BCUT2D eigenvalue weighted by Crippen LogP contribution is -2.38. The van der Waals surface area contributed by atoms with Crippen molar-refractivity contribution in [2.24, 2.45) is 0 Å². The number of hydrogen-bond acceptors (Lipinski definition) is 5. The molecule has 2 aromatic heterocycles. The highest BCUT2D eigenvalue weighted by molar-refractivity contribution is 5.91. The lowest BCUT2D eigenvalue weighted by Gasteiger charge is -2.33. The topological polar surface area (TPSA) is 51.1 Å². The molecule has 0 radical (unpaired) electrons. The summed E-state index contributed by atoms with van der Waals surface area (Å²) in [5, 5.41) is 1.05. The Morgan fingerprint density at radius 2 is 1.60 bits per heavy atom. The number of anilines is 1. The molecule has 0 atom stereocenters. The van der Waals surface area contributed by atoms with Crippen molar-refractivity contribution in [3.05, 3.63) is 78.9 Å². The second-order valence-corrected chi connectivity index (χ2v) is 7.38. The molecular weight excluding hydrogens is 379 g/mol. The van der Waals surface area contributed by atoms with E-state index >= 15 is 0 Å². The Kier molecular flexibility index (Phi) is 4.97. The first-order chi connectivity index (χ1) is 14.8. The lowest BCUT2D eigenvalue weighted by molar-refractivity contribution is 0.170. The van der Waals surface area contributed by atoms with E-state index in [1.165, 1.54) is 12.1 Å². The van der Waals surface area contributed by atoms with Crippen LogP contribution in [0.1, 0.15) is 12.8 Å². The molecule has 150 valence electrons. The number of ether oxygens (including phenoxy) is 1. The predicted octanol–water partition coefficient (Wildman–Crippen LogP) is 4.88. The summed E-state index contributed by atoms with van der Waals surface area (Å²) >= 11 is 0. The maximum atomic E-state index is 13.1. The number of para-hydroxylation sites is 1. The summed E-state index contributed by atoms with van der Waals surface area (Å²) in [6.07, 6.45) is 5.37. The quantitative estimate of drug-likeness (QED) is 0.489. The minimum absolute atomic E-state index is 0.111. The summed E-state index contributed by atoms with van der Waals surface area (Å²) in [7, 11) is 0. The molecule has 0 amide bonds. The van der Waals surface area contributed by atoms with E-state index in [1.807, 2.05) is 30.3 Å². The van der Waals surface area contributed by atoms with Gasteiger partial charge >= 0.3 is 0 Å². The van der Waals surface area contributed by atoms with Gasteiger partial charge < -0.3 is 9.64 Å². The normalized spacial score (nSPS) is 14.8. The zero-order chi connectivity index (χ0) is 20.3. The smallest absolute Gasteiger partial charge is 0.162 e. The fourth-order valence-electron chi connectivity index (χ4n) is 3.82. The molecule has 0 saturated carbocycles. The number of fused-ring (bicyclic) bond motifs is 1. The summed E-state index contributed by atoms with van der Waals surface area (Å²) in [6.45, 7) is 1.67. The fourth-order valence-corrected chi connectivity index (χ4v) is 3.82. The average molecular weight is 400 g/mol. The number of pyridine rings is 1. The van der Waals surface area contributed by atoms with Gasteiger partial charge in [-0.3, -0.25) is 4.98 Å². The largest absolute Gasteiger partial charge is 0.490 e. The second kappa shape index (κ2) is 8.06. The van der Waals surface area contributed by atoms with Crippen LogP contribution in [0, 0.1) is 5.82 Å². The standard InChI is InChI=1S/C24H21FN4O/c25-18-5-7-19(8-6-18)30-20-11-15-29(16-12-20)24-21-3-1-2-4-22(21)27-23(28-24)17-9-13-26-14-10-17/h1-10,13-14,20H,11-12,15-16H2. The van der Waals surface area contributed by atoms with Crippen LogP contribution in [0.15, 0.2) is 73.1 Å². The summed E-state index contributed by atoms with van der Waals surface area (Å²) in [5.74, 6) is 2.11. The van der Waals surface area contributed by atoms with Gasteiger partial charge in [-0.05, 0) is 48.5 Å². The van der Waals surface area contributed by atoms with Crippen LogP contribution in [-0.4, -0.2) is 34.1 Å². The van der Waals surface area contributed by atoms with Crippen molar-refractivity contribution in [2.45, 2.75) is 18.9 Å². The van der Waals surface area contributed by atoms with Gasteiger partial charge in [0.2, 0.25) is 0 Å². The van der Waals surface area contributed by atoms with E-state index in [0.717, 1.165) is 48.2 Å². The van der Waals surface area contributed by atoms with Gasteiger partial charge in [0.25, 0.3) is 0 Å². The van der Waals surface area contributed by atoms with E-state index in [1.54, 1.807) is 24.5 Å². The molecule has 4 aromatic rings. The van der Waals surface area contributed by atoms with E-state index in [0.29, 0.717) is 11.6 Å². The highest BCUT2D eigenvalue weighted by Crippen LogP contribution is 2.30. The first-order valence-electron chi connectivity index (χ1n) is 10.1. The van der Waals surface area contributed by atoms with E-state index in [9.17, 15) is 4.39 Å². The van der Waals surface area contributed by atoms with E-state index in [-0.39, 0.29) is 11.9 Å². The highest BCUT2D eigenvalue weighted by Gasteiger charge is 2.23. The molecule has 0 bridgehead atoms. The molecule has 0 N–H and O–H groups in total. The first-order valence-corrected chi connectivity index (χ1v) is 10.1. The van der Waals surface area contributed by atoms with Gasteiger partial charge in [-0.1, -0.05) is 12.1 Å². The summed E-state index contributed by atoms with van der Waals surface area (Å²) in [4.78, 5) is 16.1. The summed E-state index contributed by atoms with van der Waals surface area (Å²) in [5.41, 5.74) is 1.88.